The summed E-state index contributed by atoms with van der Waals surface area (Å²) in [6.07, 6.45) is 3.23. The first-order valence-electron chi connectivity index (χ1n) is 5.08. The van der Waals surface area contributed by atoms with E-state index in [0.29, 0.717) is 11.6 Å². The minimum absolute atomic E-state index is 0.580. The molecule has 2 N–H and O–H groups in total. The Morgan fingerprint density at radius 3 is 2.38 bits per heavy atom. The molecule has 2 rings (SSSR count). The van der Waals surface area contributed by atoms with Crippen molar-refractivity contribution in [3.63, 3.8) is 0 Å². The van der Waals surface area contributed by atoms with Crippen LogP contribution in [0.4, 0.5) is 11.6 Å². The number of rotatable bonds is 3. The minimum Gasteiger partial charge on any atom is -0.396 e. The van der Waals surface area contributed by atoms with Crippen molar-refractivity contribution in [1.82, 2.24) is 9.97 Å². The van der Waals surface area contributed by atoms with Crippen LogP contribution >= 0.6 is 0 Å². The average molecular weight is 214 g/mol. The smallest absolute Gasteiger partial charge is 0.225 e. The van der Waals surface area contributed by atoms with E-state index >= 15 is 0 Å². The van der Waals surface area contributed by atoms with Gasteiger partial charge in [-0.1, -0.05) is 30.3 Å². The standard InChI is InChI=1S/C12H14N4/c1-16(9-10-5-3-2-4-6-10)12-14-7-11(13)8-15-12/h2-8H,9,13H2,1H3. The van der Waals surface area contributed by atoms with Gasteiger partial charge >= 0.3 is 0 Å². The second-order valence-electron chi connectivity index (χ2n) is 3.66. The van der Waals surface area contributed by atoms with E-state index in [1.54, 1.807) is 12.4 Å². The molecule has 1 aromatic carbocycles. The number of nitrogen functional groups attached to an aromatic ring is 1. The Kier molecular flexibility index (Phi) is 3.00. The van der Waals surface area contributed by atoms with E-state index in [9.17, 15) is 0 Å². The maximum Gasteiger partial charge on any atom is 0.225 e. The molecule has 0 aliphatic heterocycles. The van der Waals surface area contributed by atoms with Crippen molar-refractivity contribution in [1.29, 1.82) is 0 Å². The van der Waals surface area contributed by atoms with Gasteiger partial charge in [-0.05, 0) is 5.56 Å². The molecule has 0 aliphatic carbocycles. The summed E-state index contributed by atoms with van der Waals surface area (Å²) in [5.74, 6) is 0.679. The van der Waals surface area contributed by atoms with Gasteiger partial charge in [0.25, 0.3) is 0 Å². The van der Waals surface area contributed by atoms with Crippen molar-refractivity contribution in [2.24, 2.45) is 0 Å². The third-order valence-corrected chi connectivity index (χ3v) is 2.26. The van der Waals surface area contributed by atoms with Gasteiger partial charge in [0.2, 0.25) is 5.95 Å². The van der Waals surface area contributed by atoms with E-state index in [-0.39, 0.29) is 0 Å². The lowest BCUT2D eigenvalue weighted by atomic mass is 10.2. The Balaban J connectivity index is 2.09. The molecular weight excluding hydrogens is 200 g/mol. The fraction of sp³-hybridized carbons (Fsp3) is 0.167. The van der Waals surface area contributed by atoms with Crippen LogP contribution in [-0.2, 0) is 6.54 Å². The lowest BCUT2D eigenvalue weighted by molar-refractivity contribution is 0.867. The van der Waals surface area contributed by atoms with Gasteiger partial charge in [0.15, 0.2) is 0 Å². The Hall–Kier alpha value is -2.10. The van der Waals surface area contributed by atoms with Crippen molar-refractivity contribution in [3.05, 3.63) is 48.3 Å². The van der Waals surface area contributed by atoms with Crippen molar-refractivity contribution in [3.8, 4) is 0 Å². The van der Waals surface area contributed by atoms with E-state index in [0.717, 1.165) is 6.54 Å². The van der Waals surface area contributed by atoms with E-state index in [1.165, 1.54) is 5.56 Å². The van der Waals surface area contributed by atoms with Crippen LogP contribution in [0.3, 0.4) is 0 Å². The van der Waals surface area contributed by atoms with Gasteiger partial charge in [0, 0.05) is 13.6 Å². The zero-order valence-corrected chi connectivity index (χ0v) is 9.17. The summed E-state index contributed by atoms with van der Waals surface area (Å²) in [5, 5.41) is 0. The molecule has 16 heavy (non-hydrogen) atoms. The number of aromatic nitrogens is 2. The summed E-state index contributed by atoms with van der Waals surface area (Å²) in [6, 6.07) is 10.2. The number of hydrogen-bond donors (Lipinski definition) is 1. The van der Waals surface area contributed by atoms with Crippen LogP contribution < -0.4 is 10.6 Å². The summed E-state index contributed by atoms with van der Waals surface area (Å²) in [5.41, 5.74) is 7.34. The molecule has 1 aromatic heterocycles. The molecule has 0 bridgehead atoms. The lowest BCUT2D eigenvalue weighted by Gasteiger charge is -2.16. The molecule has 0 radical (unpaired) electrons. The first-order valence-corrected chi connectivity index (χ1v) is 5.08. The predicted octanol–water partition coefficient (Wildman–Crippen LogP) is 1.70. The Labute approximate surface area is 94.8 Å². The van der Waals surface area contributed by atoms with Gasteiger partial charge in [-0.2, -0.15) is 0 Å². The molecule has 4 heteroatoms. The van der Waals surface area contributed by atoms with Crippen molar-refractivity contribution in [2.75, 3.05) is 17.7 Å². The van der Waals surface area contributed by atoms with Crippen LogP contribution in [0.1, 0.15) is 5.56 Å². The molecule has 0 amide bonds. The minimum atomic E-state index is 0.580. The second-order valence-corrected chi connectivity index (χ2v) is 3.66. The van der Waals surface area contributed by atoms with Gasteiger partial charge in [0.05, 0.1) is 18.1 Å². The van der Waals surface area contributed by atoms with Crippen molar-refractivity contribution < 1.29 is 0 Å². The summed E-state index contributed by atoms with van der Waals surface area (Å²) in [7, 11) is 1.96. The molecule has 0 aliphatic rings. The molecule has 1 heterocycles. The Morgan fingerprint density at radius 1 is 1.12 bits per heavy atom. The first-order chi connectivity index (χ1) is 7.75. The number of benzene rings is 1. The Morgan fingerprint density at radius 2 is 1.75 bits per heavy atom. The molecule has 0 atom stereocenters. The monoisotopic (exact) mass is 214 g/mol. The highest BCUT2D eigenvalue weighted by molar-refractivity contribution is 5.37. The number of nitrogens with two attached hydrogens (primary N) is 1. The van der Waals surface area contributed by atoms with Crippen LogP contribution in [0.15, 0.2) is 42.7 Å². The molecule has 0 unspecified atom stereocenters. The fourth-order valence-electron chi connectivity index (χ4n) is 1.46. The normalized spacial score (nSPS) is 10.1. The number of hydrogen-bond acceptors (Lipinski definition) is 4. The van der Waals surface area contributed by atoms with Gasteiger partial charge in [0.1, 0.15) is 0 Å². The van der Waals surface area contributed by atoms with Gasteiger partial charge in [-0.15, -0.1) is 0 Å². The molecular formula is C12H14N4. The largest absolute Gasteiger partial charge is 0.396 e. The summed E-state index contributed by atoms with van der Waals surface area (Å²) in [6.45, 7) is 0.782. The number of anilines is 2. The van der Waals surface area contributed by atoms with Crippen LogP contribution in [0, 0.1) is 0 Å². The van der Waals surface area contributed by atoms with E-state index in [2.05, 4.69) is 22.1 Å². The average Bonchev–Trinajstić information content (AvgIpc) is 2.31. The maximum absolute atomic E-state index is 5.54. The van der Waals surface area contributed by atoms with Crippen LogP contribution in [0.25, 0.3) is 0 Å². The third-order valence-electron chi connectivity index (χ3n) is 2.26. The highest BCUT2D eigenvalue weighted by Gasteiger charge is 2.03. The highest BCUT2D eigenvalue weighted by Crippen LogP contribution is 2.10. The SMILES string of the molecule is CN(Cc1ccccc1)c1ncc(N)cn1. The zero-order chi connectivity index (χ0) is 11.4. The molecule has 0 spiro atoms. The summed E-state index contributed by atoms with van der Waals surface area (Å²) >= 11 is 0. The summed E-state index contributed by atoms with van der Waals surface area (Å²) < 4.78 is 0. The molecule has 4 nitrogen and oxygen atoms in total. The van der Waals surface area contributed by atoms with Crippen LogP contribution in [0.5, 0.6) is 0 Å². The van der Waals surface area contributed by atoms with Gasteiger partial charge < -0.3 is 10.6 Å². The topological polar surface area (TPSA) is 55.0 Å². The fourth-order valence-corrected chi connectivity index (χ4v) is 1.46. The molecule has 0 saturated heterocycles. The zero-order valence-electron chi connectivity index (χ0n) is 9.17. The van der Waals surface area contributed by atoms with Crippen molar-refractivity contribution >= 4 is 11.6 Å². The number of nitrogens with zero attached hydrogens (tertiary/aromatic N) is 3. The maximum atomic E-state index is 5.54. The first kappa shape index (κ1) is 10.4. The molecule has 2 aromatic rings. The summed E-state index contributed by atoms with van der Waals surface area (Å²) in [4.78, 5) is 10.3. The van der Waals surface area contributed by atoms with E-state index in [4.69, 9.17) is 5.73 Å². The van der Waals surface area contributed by atoms with E-state index < -0.39 is 0 Å². The van der Waals surface area contributed by atoms with Crippen LogP contribution in [0.2, 0.25) is 0 Å². The molecule has 0 fully saturated rings. The van der Waals surface area contributed by atoms with E-state index in [1.807, 2.05) is 30.1 Å². The van der Waals surface area contributed by atoms with Gasteiger partial charge in [-0.3, -0.25) is 0 Å². The highest BCUT2D eigenvalue weighted by atomic mass is 15.2. The van der Waals surface area contributed by atoms with Crippen LogP contribution in [-0.4, -0.2) is 17.0 Å². The van der Waals surface area contributed by atoms with Gasteiger partial charge in [-0.25, -0.2) is 9.97 Å². The Bertz CT molecular complexity index is 438. The molecule has 0 saturated carbocycles. The second kappa shape index (κ2) is 4.61. The van der Waals surface area contributed by atoms with Crippen molar-refractivity contribution in [2.45, 2.75) is 6.54 Å². The third kappa shape index (κ3) is 2.48. The molecule has 82 valence electrons. The quantitative estimate of drug-likeness (QED) is 0.844. The lowest BCUT2D eigenvalue weighted by Crippen LogP contribution is -2.18. The predicted molar refractivity (Wildman–Crippen MR) is 65.0 cm³/mol.